The maximum atomic E-state index is 14.0. The predicted octanol–water partition coefficient (Wildman–Crippen LogP) is 4.83. The standard InChI is InChI=1S/C19H18ClF2N3OS/c1-24(2)9-4-10-25(18(26)13-8-7-12(21)11-14(13)20)19-23-17-15(22)5-3-6-16(17)27-19/h3,5-8,11H,4,9-10H2,1-2H3. The maximum Gasteiger partial charge on any atom is 0.261 e. The number of thiazole rings is 1. The highest BCUT2D eigenvalue weighted by Crippen LogP contribution is 2.32. The largest absolute Gasteiger partial charge is 0.309 e. The third-order valence-corrected chi connectivity index (χ3v) is 5.34. The summed E-state index contributed by atoms with van der Waals surface area (Å²) in [4.78, 5) is 20.9. The molecule has 0 N–H and O–H groups in total. The van der Waals surface area contributed by atoms with Gasteiger partial charge in [0.1, 0.15) is 17.2 Å². The van der Waals surface area contributed by atoms with Crippen LogP contribution in [0.5, 0.6) is 0 Å². The smallest absolute Gasteiger partial charge is 0.261 e. The van der Waals surface area contributed by atoms with Crippen LogP contribution in [0.3, 0.4) is 0 Å². The van der Waals surface area contributed by atoms with Gasteiger partial charge in [0, 0.05) is 6.54 Å². The van der Waals surface area contributed by atoms with Gasteiger partial charge in [-0.25, -0.2) is 13.8 Å². The third kappa shape index (κ3) is 4.43. The van der Waals surface area contributed by atoms with Crippen molar-refractivity contribution in [1.29, 1.82) is 0 Å². The monoisotopic (exact) mass is 409 g/mol. The lowest BCUT2D eigenvalue weighted by Crippen LogP contribution is -2.33. The first kappa shape index (κ1) is 19.7. The number of carbonyl (C=O) groups excluding carboxylic acids is 1. The maximum absolute atomic E-state index is 14.0. The van der Waals surface area contributed by atoms with Gasteiger partial charge in [0.25, 0.3) is 5.91 Å². The molecule has 0 saturated heterocycles. The summed E-state index contributed by atoms with van der Waals surface area (Å²) in [7, 11) is 3.88. The van der Waals surface area contributed by atoms with Gasteiger partial charge in [-0.1, -0.05) is 29.0 Å². The average Bonchev–Trinajstić information content (AvgIpc) is 3.03. The van der Waals surface area contributed by atoms with Crippen molar-refractivity contribution < 1.29 is 13.6 Å². The van der Waals surface area contributed by atoms with E-state index < -0.39 is 17.5 Å². The van der Waals surface area contributed by atoms with E-state index in [-0.39, 0.29) is 16.1 Å². The van der Waals surface area contributed by atoms with Gasteiger partial charge in [0.15, 0.2) is 5.13 Å². The number of halogens is 3. The topological polar surface area (TPSA) is 36.4 Å². The summed E-state index contributed by atoms with van der Waals surface area (Å²) >= 11 is 7.31. The molecule has 3 aromatic rings. The van der Waals surface area contributed by atoms with Gasteiger partial charge in [-0.2, -0.15) is 0 Å². The van der Waals surface area contributed by atoms with Crippen LogP contribution in [0.4, 0.5) is 13.9 Å². The minimum atomic E-state index is -0.516. The van der Waals surface area contributed by atoms with Crippen LogP contribution in [0.2, 0.25) is 5.02 Å². The third-order valence-electron chi connectivity index (χ3n) is 3.98. The van der Waals surface area contributed by atoms with Crippen LogP contribution >= 0.6 is 22.9 Å². The van der Waals surface area contributed by atoms with Crippen molar-refractivity contribution >= 4 is 44.2 Å². The van der Waals surface area contributed by atoms with Gasteiger partial charge in [-0.05, 0) is 57.4 Å². The zero-order chi connectivity index (χ0) is 19.6. The van der Waals surface area contributed by atoms with E-state index in [1.807, 2.05) is 19.0 Å². The van der Waals surface area contributed by atoms with Crippen molar-refractivity contribution in [3.63, 3.8) is 0 Å². The first-order valence-corrected chi connectivity index (χ1v) is 9.53. The molecule has 27 heavy (non-hydrogen) atoms. The van der Waals surface area contributed by atoms with Crippen molar-refractivity contribution in [1.82, 2.24) is 9.88 Å². The number of aromatic nitrogens is 1. The molecule has 142 valence electrons. The number of benzene rings is 2. The number of rotatable bonds is 6. The second-order valence-electron chi connectivity index (χ2n) is 6.32. The number of anilines is 1. The van der Waals surface area contributed by atoms with Crippen LogP contribution in [0.15, 0.2) is 36.4 Å². The molecule has 4 nitrogen and oxygen atoms in total. The Morgan fingerprint density at radius 2 is 1.96 bits per heavy atom. The van der Waals surface area contributed by atoms with Gasteiger partial charge < -0.3 is 4.90 Å². The summed E-state index contributed by atoms with van der Waals surface area (Å²) in [6, 6.07) is 8.34. The van der Waals surface area contributed by atoms with Crippen molar-refractivity contribution in [3.05, 3.63) is 58.6 Å². The predicted molar refractivity (Wildman–Crippen MR) is 106 cm³/mol. The van der Waals surface area contributed by atoms with E-state index in [1.54, 1.807) is 12.1 Å². The molecule has 0 spiro atoms. The van der Waals surface area contributed by atoms with Crippen molar-refractivity contribution in [3.8, 4) is 0 Å². The van der Waals surface area contributed by atoms with E-state index in [2.05, 4.69) is 4.98 Å². The Labute approximate surface area is 165 Å². The SMILES string of the molecule is CN(C)CCCN(C(=O)c1ccc(F)cc1Cl)c1nc2c(F)cccc2s1. The van der Waals surface area contributed by atoms with Gasteiger partial charge in [0.2, 0.25) is 0 Å². The highest BCUT2D eigenvalue weighted by atomic mass is 35.5. The molecule has 0 unspecified atom stereocenters. The van der Waals surface area contributed by atoms with Crippen LogP contribution in [0.25, 0.3) is 10.2 Å². The summed E-state index contributed by atoms with van der Waals surface area (Å²) in [5.41, 5.74) is 0.413. The van der Waals surface area contributed by atoms with E-state index >= 15 is 0 Å². The number of hydrogen-bond donors (Lipinski definition) is 0. The fraction of sp³-hybridized carbons (Fsp3) is 0.263. The van der Waals surface area contributed by atoms with E-state index in [1.165, 1.54) is 34.4 Å². The first-order chi connectivity index (χ1) is 12.9. The minimum Gasteiger partial charge on any atom is -0.309 e. The summed E-state index contributed by atoms with van der Waals surface area (Å²) < 4.78 is 28.0. The van der Waals surface area contributed by atoms with Crippen molar-refractivity contribution in [2.45, 2.75) is 6.42 Å². The summed E-state index contributed by atoms with van der Waals surface area (Å²) in [6.07, 6.45) is 0.690. The zero-order valence-corrected chi connectivity index (χ0v) is 16.4. The van der Waals surface area contributed by atoms with Crippen molar-refractivity contribution in [2.24, 2.45) is 0 Å². The molecule has 1 aromatic heterocycles. The Kier molecular flexibility index (Phi) is 6.04. The molecule has 0 aliphatic heterocycles. The number of hydrogen-bond acceptors (Lipinski definition) is 4. The van der Waals surface area contributed by atoms with E-state index in [0.29, 0.717) is 22.8 Å². The fourth-order valence-corrected chi connectivity index (χ4v) is 3.91. The Hall–Kier alpha value is -2.09. The summed E-state index contributed by atoms with van der Waals surface area (Å²) in [5.74, 6) is -1.34. The molecule has 1 amide bonds. The van der Waals surface area contributed by atoms with Crippen LogP contribution < -0.4 is 4.90 Å². The number of nitrogens with zero attached hydrogens (tertiary/aromatic N) is 3. The van der Waals surface area contributed by atoms with Crippen LogP contribution in [0.1, 0.15) is 16.8 Å². The molecule has 0 atom stereocenters. The quantitative estimate of drug-likeness (QED) is 0.585. The van der Waals surface area contributed by atoms with Crippen LogP contribution in [0, 0.1) is 11.6 Å². The Morgan fingerprint density at radius 1 is 1.19 bits per heavy atom. The zero-order valence-electron chi connectivity index (χ0n) is 14.9. The second-order valence-corrected chi connectivity index (χ2v) is 7.74. The molecule has 0 aliphatic carbocycles. The lowest BCUT2D eigenvalue weighted by atomic mass is 10.2. The molecule has 2 aromatic carbocycles. The lowest BCUT2D eigenvalue weighted by Gasteiger charge is -2.21. The number of carbonyl (C=O) groups is 1. The minimum absolute atomic E-state index is 0.0323. The number of amides is 1. The molecule has 0 bridgehead atoms. The molecule has 0 radical (unpaired) electrons. The fourth-order valence-electron chi connectivity index (χ4n) is 2.66. The molecular weight excluding hydrogens is 392 g/mol. The van der Waals surface area contributed by atoms with Gasteiger partial charge in [0.05, 0.1) is 15.3 Å². The van der Waals surface area contributed by atoms with Crippen LogP contribution in [-0.2, 0) is 0 Å². The van der Waals surface area contributed by atoms with E-state index in [9.17, 15) is 13.6 Å². The second kappa shape index (κ2) is 8.29. The Balaban J connectivity index is 1.98. The highest BCUT2D eigenvalue weighted by molar-refractivity contribution is 7.22. The molecule has 1 heterocycles. The Morgan fingerprint density at radius 3 is 2.63 bits per heavy atom. The first-order valence-electron chi connectivity index (χ1n) is 8.33. The average molecular weight is 410 g/mol. The lowest BCUT2D eigenvalue weighted by molar-refractivity contribution is 0.0986. The molecule has 3 rings (SSSR count). The van der Waals surface area contributed by atoms with Gasteiger partial charge >= 0.3 is 0 Å². The molecule has 0 aliphatic rings. The number of fused-ring (bicyclic) bond motifs is 1. The van der Waals surface area contributed by atoms with E-state index in [4.69, 9.17) is 11.6 Å². The normalized spacial score (nSPS) is 11.3. The van der Waals surface area contributed by atoms with E-state index in [0.717, 1.165) is 12.6 Å². The molecule has 0 fully saturated rings. The Bertz CT molecular complexity index is 977. The van der Waals surface area contributed by atoms with Gasteiger partial charge in [-0.3, -0.25) is 9.69 Å². The number of para-hydroxylation sites is 1. The molecule has 0 saturated carbocycles. The summed E-state index contributed by atoms with van der Waals surface area (Å²) in [6.45, 7) is 1.15. The highest BCUT2D eigenvalue weighted by Gasteiger charge is 2.24. The van der Waals surface area contributed by atoms with Crippen LogP contribution in [-0.4, -0.2) is 43.0 Å². The molecular formula is C19H18ClF2N3OS. The van der Waals surface area contributed by atoms with Gasteiger partial charge in [-0.15, -0.1) is 0 Å². The molecule has 8 heteroatoms. The van der Waals surface area contributed by atoms with Crippen molar-refractivity contribution in [2.75, 3.05) is 32.1 Å². The summed E-state index contributed by atoms with van der Waals surface area (Å²) in [5, 5.41) is 0.421.